The highest BCUT2D eigenvalue weighted by Gasteiger charge is 2.75. The number of fused-ring (bicyclic) bond motifs is 2. The first-order valence-electron chi connectivity index (χ1n) is 12.5. The number of methoxy groups -OCH3 is 1. The van der Waals surface area contributed by atoms with Crippen LogP contribution in [0.5, 0.6) is 5.75 Å². The SMILES string of the molecule is CC[C@]12/C=C\CCCOC(=O)[C@H]1[C@H]1C(=O)N(CCO)C3C(=O)N(c4ccc(OC)cc4)CC=C[C@@]31O2. The third-order valence-electron chi connectivity index (χ3n) is 7.86. The molecule has 9 nitrogen and oxygen atoms in total. The van der Waals surface area contributed by atoms with Crippen LogP contribution < -0.4 is 9.64 Å². The van der Waals surface area contributed by atoms with Gasteiger partial charge in [0.15, 0.2) is 0 Å². The molecule has 0 bridgehead atoms. The molecule has 2 fully saturated rings. The Morgan fingerprint density at radius 2 is 1.86 bits per heavy atom. The van der Waals surface area contributed by atoms with E-state index in [2.05, 4.69) is 0 Å². The standard InChI is InChI=1S/C27H32N2O7/c1-3-26-12-5-4-6-17-35-25(33)21(26)20-23(31)29(15-16-30)22-24(32)28(14-7-13-27(20,22)36-26)18-8-10-19(34-2)11-9-18/h5,7-13,20-22,30H,3-4,6,14-17H2,1-2H3/b12-5-/t20-,21+,22?,26-,27-/m0/s1. The van der Waals surface area contributed by atoms with Crippen molar-refractivity contribution >= 4 is 23.5 Å². The minimum atomic E-state index is -1.37. The molecule has 4 aliphatic heterocycles. The van der Waals surface area contributed by atoms with E-state index in [0.29, 0.717) is 24.3 Å². The monoisotopic (exact) mass is 496 g/mol. The predicted molar refractivity (Wildman–Crippen MR) is 130 cm³/mol. The second kappa shape index (κ2) is 9.37. The van der Waals surface area contributed by atoms with Crippen LogP contribution in [0.4, 0.5) is 5.69 Å². The van der Waals surface area contributed by atoms with E-state index in [9.17, 15) is 19.5 Å². The van der Waals surface area contributed by atoms with Gasteiger partial charge in [-0.05, 0) is 43.5 Å². The number of benzene rings is 1. The molecule has 4 aliphatic rings. The van der Waals surface area contributed by atoms with Gasteiger partial charge in [-0.1, -0.05) is 31.2 Å². The minimum absolute atomic E-state index is 0.0438. The van der Waals surface area contributed by atoms with Crippen LogP contribution in [0.15, 0.2) is 48.6 Å². The Bertz CT molecular complexity index is 1100. The maximum absolute atomic E-state index is 14.2. The molecule has 1 unspecified atom stereocenters. The summed E-state index contributed by atoms with van der Waals surface area (Å²) in [5, 5.41) is 9.80. The molecule has 0 saturated carbocycles. The predicted octanol–water partition coefficient (Wildman–Crippen LogP) is 1.84. The van der Waals surface area contributed by atoms with E-state index >= 15 is 0 Å². The third-order valence-corrected chi connectivity index (χ3v) is 7.86. The number of allylic oxidation sites excluding steroid dienone is 1. The van der Waals surface area contributed by atoms with Gasteiger partial charge in [-0.2, -0.15) is 0 Å². The first kappa shape index (κ1) is 24.5. The van der Waals surface area contributed by atoms with Crippen molar-refractivity contribution in [3.63, 3.8) is 0 Å². The molecule has 5 atom stereocenters. The number of hydrogen-bond donors (Lipinski definition) is 1. The number of aliphatic hydroxyl groups excluding tert-OH is 1. The molecule has 192 valence electrons. The van der Waals surface area contributed by atoms with Crippen LogP contribution >= 0.6 is 0 Å². The van der Waals surface area contributed by atoms with Gasteiger partial charge in [-0.3, -0.25) is 14.4 Å². The van der Waals surface area contributed by atoms with E-state index in [0.717, 1.165) is 6.42 Å². The summed E-state index contributed by atoms with van der Waals surface area (Å²) in [5.41, 5.74) is -1.80. The second-order valence-corrected chi connectivity index (χ2v) is 9.64. The van der Waals surface area contributed by atoms with E-state index in [-0.39, 0.29) is 38.1 Å². The van der Waals surface area contributed by atoms with Crippen molar-refractivity contribution in [2.24, 2.45) is 11.8 Å². The maximum Gasteiger partial charge on any atom is 0.313 e. The molecule has 2 amide bonds. The van der Waals surface area contributed by atoms with Gasteiger partial charge in [0, 0.05) is 18.8 Å². The van der Waals surface area contributed by atoms with Gasteiger partial charge in [0.05, 0.1) is 26.2 Å². The lowest BCUT2D eigenvalue weighted by atomic mass is 9.73. The number of amides is 2. The molecule has 0 radical (unpaired) electrons. The maximum atomic E-state index is 14.2. The molecule has 9 heteroatoms. The van der Waals surface area contributed by atoms with Crippen molar-refractivity contribution in [3.05, 3.63) is 48.6 Å². The zero-order chi connectivity index (χ0) is 25.5. The van der Waals surface area contributed by atoms with Crippen molar-refractivity contribution in [1.82, 2.24) is 4.90 Å². The van der Waals surface area contributed by atoms with Crippen molar-refractivity contribution in [2.45, 2.75) is 43.4 Å². The van der Waals surface area contributed by atoms with Crippen LogP contribution in [0, 0.1) is 11.8 Å². The Kier molecular flexibility index (Phi) is 6.38. The van der Waals surface area contributed by atoms with Crippen LogP contribution in [0.3, 0.4) is 0 Å². The molecule has 5 rings (SSSR count). The fourth-order valence-electron chi connectivity index (χ4n) is 6.22. The summed E-state index contributed by atoms with van der Waals surface area (Å²) in [6.45, 7) is 2.08. The number of hydrogen-bond acceptors (Lipinski definition) is 7. The number of aliphatic hydroxyl groups is 1. The highest BCUT2D eigenvalue weighted by Crippen LogP contribution is 2.58. The van der Waals surface area contributed by atoms with Gasteiger partial charge in [0.25, 0.3) is 5.91 Å². The minimum Gasteiger partial charge on any atom is -0.497 e. The fraction of sp³-hybridized carbons (Fsp3) is 0.519. The molecule has 1 aromatic carbocycles. The molecular formula is C27H32N2O7. The average molecular weight is 497 g/mol. The average Bonchev–Trinajstić information content (AvgIpc) is 3.26. The van der Waals surface area contributed by atoms with E-state index < -0.39 is 35.0 Å². The van der Waals surface area contributed by atoms with Crippen LogP contribution in [-0.4, -0.2) is 78.4 Å². The van der Waals surface area contributed by atoms with Crippen molar-refractivity contribution in [3.8, 4) is 5.75 Å². The van der Waals surface area contributed by atoms with Gasteiger partial charge >= 0.3 is 5.97 Å². The molecule has 36 heavy (non-hydrogen) atoms. The van der Waals surface area contributed by atoms with Gasteiger partial charge in [-0.15, -0.1) is 0 Å². The molecule has 1 aromatic rings. The summed E-state index contributed by atoms with van der Waals surface area (Å²) in [6.07, 6.45) is 9.33. The van der Waals surface area contributed by atoms with Crippen molar-refractivity contribution in [1.29, 1.82) is 0 Å². The molecule has 4 heterocycles. The number of β-amino-alcohol motifs (C(OH)–C–C–N with tert-alkyl or cyclic N) is 1. The normalized spacial score (nSPS) is 34.6. The number of anilines is 1. The topological polar surface area (TPSA) is 106 Å². The van der Waals surface area contributed by atoms with Crippen LogP contribution in [0.25, 0.3) is 0 Å². The largest absolute Gasteiger partial charge is 0.497 e. The van der Waals surface area contributed by atoms with Gasteiger partial charge in [0.1, 0.15) is 28.9 Å². The second-order valence-electron chi connectivity index (χ2n) is 9.64. The summed E-state index contributed by atoms with van der Waals surface area (Å²) in [4.78, 5) is 44.5. The fourth-order valence-corrected chi connectivity index (χ4v) is 6.22. The first-order valence-corrected chi connectivity index (χ1v) is 12.5. The Labute approximate surface area is 210 Å². The van der Waals surface area contributed by atoms with Gasteiger partial charge in [-0.25, -0.2) is 0 Å². The number of esters is 1. The van der Waals surface area contributed by atoms with Gasteiger partial charge < -0.3 is 29.1 Å². The van der Waals surface area contributed by atoms with Crippen molar-refractivity contribution in [2.75, 3.05) is 38.3 Å². The number of carbonyl (C=O) groups excluding carboxylic acids is 3. The lowest BCUT2D eigenvalue weighted by Gasteiger charge is -2.38. The molecule has 1 N–H and O–H groups in total. The quantitative estimate of drug-likeness (QED) is 0.490. The summed E-state index contributed by atoms with van der Waals surface area (Å²) in [6, 6.07) is 6.07. The zero-order valence-electron chi connectivity index (χ0n) is 20.6. The Hall–Kier alpha value is -3.17. The Balaban J connectivity index is 1.64. The number of cyclic esters (lactones) is 1. The lowest BCUT2D eigenvalue weighted by Crippen LogP contribution is -2.56. The van der Waals surface area contributed by atoms with Crippen molar-refractivity contribution < 1.29 is 33.7 Å². The number of nitrogens with zero attached hydrogens (tertiary/aromatic N) is 2. The van der Waals surface area contributed by atoms with Crippen LogP contribution in [0.1, 0.15) is 26.2 Å². The lowest BCUT2D eigenvalue weighted by molar-refractivity contribution is -0.159. The molecule has 0 aliphatic carbocycles. The van der Waals surface area contributed by atoms with E-state index in [1.807, 2.05) is 25.2 Å². The van der Waals surface area contributed by atoms with E-state index in [1.54, 1.807) is 42.4 Å². The number of rotatable bonds is 5. The van der Waals surface area contributed by atoms with Crippen LogP contribution in [-0.2, 0) is 23.9 Å². The molecular weight excluding hydrogens is 464 g/mol. The summed E-state index contributed by atoms with van der Waals surface area (Å²) >= 11 is 0. The smallest absolute Gasteiger partial charge is 0.313 e. The Morgan fingerprint density at radius 1 is 1.08 bits per heavy atom. The highest BCUT2D eigenvalue weighted by molar-refractivity contribution is 6.05. The molecule has 1 spiro atoms. The zero-order valence-corrected chi connectivity index (χ0v) is 20.6. The molecule has 2 saturated heterocycles. The summed E-state index contributed by atoms with van der Waals surface area (Å²) in [7, 11) is 1.57. The third kappa shape index (κ3) is 3.56. The summed E-state index contributed by atoms with van der Waals surface area (Å²) < 4.78 is 17.6. The van der Waals surface area contributed by atoms with Gasteiger partial charge in [0.2, 0.25) is 5.91 Å². The van der Waals surface area contributed by atoms with E-state index in [4.69, 9.17) is 14.2 Å². The highest BCUT2D eigenvalue weighted by atomic mass is 16.6. The number of carbonyl (C=O) groups is 3. The Morgan fingerprint density at radius 3 is 2.56 bits per heavy atom. The number of likely N-dealkylation sites (tertiary alicyclic amines) is 1. The van der Waals surface area contributed by atoms with Crippen LogP contribution in [0.2, 0.25) is 0 Å². The van der Waals surface area contributed by atoms with E-state index in [1.165, 1.54) is 4.90 Å². The molecule has 0 aromatic heterocycles. The summed E-state index contributed by atoms with van der Waals surface area (Å²) in [5.74, 6) is -2.38. The first-order chi connectivity index (χ1) is 17.4. The number of ether oxygens (including phenoxy) is 3.